The van der Waals surface area contributed by atoms with E-state index in [4.69, 9.17) is 14.2 Å². The second-order valence-electron chi connectivity index (χ2n) is 7.73. The molecule has 0 saturated heterocycles. The quantitative estimate of drug-likeness (QED) is 0.559. The van der Waals surface area contributed by atoms with Gasteiger partial charge in [0, 0.05) is 5.39 Å². The zero-order valence-corrected chi connectivity index (χ0v) is 15.5. The molecular formula is C20H24O5. The van der Waals surface area contributed by atoms with E-state index in [0.717, 1.165) is 0 Å². The molecule has 0 radical (unpaired) electrons. The molecule has 5 nitrogen and oxygen atoms in total. The lowest BCUT2D eigenvalue weighted by atomic mass is 10.0. The molecule has 0 bridgehead atoms. The number of hydrogen-bond donors (Lipinski definition) is 0. The molecule has 0 aliphatic carbocycles. The van der Waals surface area contributed by atoms with E-state index in [1.165, 1.54) is 0 Å². The van der Waals surface area contributed by atoms with Crippen molar-refractivity contribution in [2.45, 2.75) is 52.7 Å². The monoisotopic (exact) mass is 344 g/mol. The zero-order valence-electron chi connectivity index (χ0n) is 15.5. The fourth-order valence-corrected chi connectivity index (χ4v) is 2.24. The van der Waals surface area contributed by atoms with Crippen LogP contribution >= 0.6 is 0 Å². The number of ether oxygens (including phenoxy) is 3. The number of benzene rings is 2. The lowest BCUT2D eigenvalue weighted by Gasteiger charge is -2.20. The van der Waals surface area contributed by atoms with E-state index in [1.807, 2.05) is 20.8 Å². The summed E-state index contributed by atoms with van der Waals surface area (Å²) in [7, 11) is 0. The van der Waals surface area contributed by atoms with Gasteiger partial charge in [-0.1, -0.05) is 24.3 Å². The van der Waals surface area contributed by atoms with Crippen LogP contribution in [-0.2, 0) is 9.47 Å². The van der Waals surface area contributed by atoms with Crippen LogP contribution in [0.3, 0.4) is 0 Å². The van der Waals surface area contributed by atoms with Crippen molar-refractivity contribution in [2.75, 3.05) is 0 Å². The minimum Gasteiger partial charge on any atom is -0.456 e. The lowest BCUT2D eigenvalue weighted by molar-refractivity contribution is 0.00710. The smallest absolute Gasteiger partial charge is 0.456 e. The molecule has 0 saturated carbocycles. The van der Waals surface area contributed by atoms with E-state index in [1.54, 1.807) is 57.2 Å². The Bertz CT molecular complexity index is 794. The van der Waals surface area contributed by atoms with Crippen LogP contribution in [0, 0.1) is 0 Å². The minimum atomic E-state index is -0.789. The van der Waals surface area contributed by atoms with Gasteiger partial charge in [-0.05, 0) is 59.1 Å². The molecule has 134 valence electrons. The Hall–Kier alpha value is -2.56. The van der Waals surface area contributed by atoms with Crippen LogP contribution in [0.1, 0.15) is 51.9 Å². The summed E-state index contributed by atoms with van der Waals surface area (Å²) in [6.07, 6.45) is -0.789. The fraction of sp³-hybridized carbons (Fsp3) is 0.400. The van der Waals surface area contributed by atoms with Crippen molar-refractivity contribution < 1.29 is 23.8 Å². The predicted molar refractivity (Wildman–Crippen MR) is 96.0 cm³/mol. The number of carbonyl (C=O) groups excluding carboxylic acids is 2. The largest absolute Gasteiger partial charge is 0.514 e. The van der Waals surface area contributed by atoms with Gasteiger partial charge >= 0.3 is 12.1 Å². The Morgan fingerprint density at radius 1 is 0.760 bits per heavy atom. The minimum absolute atomic E-state index is 0.331. The molecule has 0 aliphatic heterocycles. The summed E-state index contributed by atoms with van der Waals surface area (Å²) in [5, 5.41) is 1.29. The summed E-state index contributed by atoms with van der Waals surface area (Å²) < 4.78 is 16.0. The summed E-state index contributed by atoms with van der Waals surface area (Å²) >= 11 is 0. The van der Waals surface area contributed by atoms with Crippen LogP contribution in [0.2, 0.25) is 0 Å². The lowest BCUT2D eigenvalue weighted by Crippen LogP contribution is -2.26. The van der Waals surface area contributed by atoms with Gasteiger partial charge in [0.05, 0.1) is 5.56 Å². The maximum absolute atomic E-state index is 12.4. The van der Waals surface area contributed by atoms with Crippen molar-refractivity contribution in [3.63, 3.8) is 0 Å². The van der Waals surface area contributed by atoms with Gasteiger partial charge in [0.15, 0.2) is 0 Å². The van der Waals surface area contributed by atoms with Gasteiger partial charge in [0.25, 0.3) is 0 Å². The first-order valence-corrected chi connectivity index (χ1v) is 8.12. The third-order valence-electron chi connectivity index (χ3n) is 3.08. The van der Waals surface area contributed by atoms with Crippen molar-refractivity contribution in [1.82, 2.24) is 0 Å². The topological polar surface area (TPSA) is 61.8 Å². The highest BCUT2D eigenvalue weighted by Gasteiger charge is 2.22. The van der Waals surface area contributed by atoms with Crippen LogP contribution in [0.5, 0.6) is 5.75 Å². The van der Waals surface area contributed by atoms with Crippen LogP contribution in [0.25, 0.3) is 10.8 Å². The number of rotatable bonds is 2. The highest BCUT2D eigenvalue weighted by Crippen LogP contribution is 2.29. The summed E-state index contributed by atoms with van der Waals surface area (Å²) in [6.45, 7) is 10.7. The van der Waals surface area contributed by atoms with Crippen molar-refractivity contribution in [3.8, 4) is 5.75 Å². The fourth-order valence-electron chi connectivity index (χ4n) is 2.24. The molecule has 0 amide bonds. The Labute approximate surface area is 147 Å². The van der Waals surface area contributed by atoms with E-state index < -0.39 is 23.3 Å². The average molecular weight is 344 g/mol. The van der Waals surface area contributed by atoms with Gasteiger partial charge in [-0.25, -0.2) is 9.59 Å². The Kier molecular flexibility index (Phi) is 5.07. The third kappa shape index (κ3) is 5.21. The molecule has 0 heterocycles. The van der Waals surface area contributed by atoms with E-state index in [2.05, 4.69) is 0 Å². The first-order valence-electron chi connectivity index (χ1n) is 8.12. The molecule has 0 spiro atoms. The summed E-state index contributed by atoms with van der Waals surface area (Å²) in [6, 6.07) is 10.4. The molecule has 0 atom stereocenters. The summed E-state index contributed by atoms with van der Waals surface area (Å²) in [5.41, 5.74) is -0.824. The first kappa shape index (κ1) is 18.8. The first-order chi connectivity index (χ1) is 11.5. The number of carbonyl (C=O) groups is 2. The van der Waals surface area contributed by atoms with Crippen LogP contribution in [-0.4, -0.2) is 23.3 Å². The molecule has 0 unspecified atom stereocenters. The number of hydrogen-bond acceptors (Lipinski definition) is 5. The Morgan fingerprint density at radius 2 is 1.32 bits per heavy atom. The van der Waals surface area contributed by atoms with Gasteiger partial charge in [0.1, 0.15) is 17.0 Å². The maximum Gasteiger partial charge on any atom is 0.514 e. The highest BCUT2D eigenvalue weighted by atomic mass is 16.7. The van der Waals surface area contributed by atoms with Crippen molar-refractivity contribution in [3.05, 3.63) is 42.0 Å². The standard InChI is InChI=1S/C20H24O5/c1-19(2,3)24-17(21)15-11-7-10-14-13(15)9-8-12-16(14)23-18(22)25-20(4,5)6/h7-12H,1-6H3. The molecule has 0 N–H and O–H groups in total. The molecule has 0 fully saturated rings. The van der Waals surface area contributed by atoms with Crippen molar-refractivity contribution >= 4 is 22.9 Å². The van der Waals surface area contributed by atoms with E-state index in [0.29, 0.717) is 22.1 Å². The molecule has 0 aromatic heterocycles. The second kappa shape index (κ2) is 6.75. The van der Waals surface area contributed by atoms with Crippen molar-refractivity contribution in [1.29, 1.82) is 0 Å². The molecule has 0 aliphatic rings. The Morgan fingerprint density at radius 3 is 1.92 bits per heavy atom. The molecule has 2 aromatic carbocycles. The van der Waals surface area contributed by atoms with Crippen LogP contribution in [0.15, 0.2) is 36.4 Å². The summed E-state index contributed by atoms with van der Waals surface area (Å²) in [5.74, 6) is -0.0929. The molecule has 2 aromatic rings. The molecule has 5 heteroatoms. The maximum atomic E-state index is 12.4. The molecule has 25 heavy (non-hydrogen) atoms. The summed E-state index contributed by atoms with van der Waals surface area (Å²) in [4.78, 5) is 24.4. The Balaban J connectivity index is 2.38. The average Bonchev–Trinajstić information content (AvgIpc) is 2.43. The van der Waals surface area contributed by atoms with E-state index in [-0.39, 0.29) is 0 Å². The van der Waals surface area contributed by atoms with Gasteiger partial charge in [-0.3, -0.25) is 0 Å². The number of fused-ring (bicyclic) bond motifs is 1. The van der Waals surface area contributed by atoms with Gasteiger partial charge in [0.2, 0.25) is 0 Å². The molecular weight excluding hydrogens is 320 g/mol. The predicted octanol–water partition coefficient (Wildman–Crippen LogP) is 5.11. The van der Waals surface area contributed by atoms with E-state index in [9.17, 15) is 9.59 Å². The van der Waals surface area contributed by atoms with E-state index >= 15 is 0 Å². The normalized spacial score (nSPS) is 11.9. The highest BCUT2D eigenvalue weighted by molar-refractivity contribution is 6.06. The van der Waals surface area contributed by atoms with Gasteiger partial charge < -0.3 is 14.2 Å². The van der Waals surface area contributed by atoms with Crippen LogP contribution in [0.4, 0.5) is 4.79 Å². The number of esters is 1. The molecule has 2 rings (SSSR count). The second-order valence-corrected chi connectivity index (χ2v) is 7.73. The van der Waals surface area contributed by atoms with Crippen molar-refractivity contribution in [2.24, 2.45) is 0 Å². The van der Waals surface area contributed by atoms with Gasteiger partial charge in [-0.15, -0.1) is 0 Å². The van der Waals surface area contributed by atoms with Gasteiger partial charge in [-0.2, -0.15) is 0 Å². The third-order valence-corrected chi connectivity index (χ3v) is 3.08. The SMILES string of the molecule is CC(C)(C)OC(=O)Oc1cccc2c(C(=O)OC(C)(C)C)cccc12. The van der Waals surface area contributed by atoms with Crippen LogP contribution < -0.4 is 4.74 Å². The zero-order chi connectivity index (χ0) is 18.8.